The highest BCUT2D eigenvalue weighted by molar-refractivity contribution is 7.89. The maximum Gasteiger partial charge on any atom is 0.267 e. The monoisotopic (exact) mass is 378 g/mol. The number of hydrogen-bond acceptors (Lipinski definition) is 4. The van der Waals surface area contributed by atoms with E-state index >= 15 is 0 Å². The van der Waals surface area contributed by atoms with Gasteiger partial charge in [-0.3, -0.25) is 4.79 Å². The number of anilines is 1. The fourth-order valence-electron chi connectivity index (χ4n) is 2.96. The smallest absolute Gasteiger partial charge is 0.267 e. The molecule has 25 heavy (non-hydrogen) atoms. The molecule has 0 unspecified atom stereocenters. The van der Waals surface area contributed by atoms with Crippen molar-refractivity contribution in [1.29, 1.82) is 0 Å². The Hall–Kier alpha value is -1.70. The molecule has 1 N–H and O–H groups in total. The summed E-state index contributed by atoms with van der Waals surface area (Å²) in [7, 11) is -3.62. The zero-order chi connectivity index (χ0) is 18.0. The van der Waals surface area contributed by atoms with Crippen LogP contribution in [-0.4, -0.2) is 31.7 Å². The van der Waals surface area contributed by atoms with Crippen molar-refractivity contribution in [3.8, 4) is 0 Å². The van der Waals surface area contributed by atoms with Crippen molar-refractivity contribution in [2.24, 2.45) is 0 Å². The van der Waals surface area contributed by atoms with Crippen molar-refractivity contribution >= 4 is 33.0 Å². The molecule has 5 nitrogen and oxygen atoms in total. The van der Waals surface area contributed by atoms with Crippen LogP contribution < -0.4 is 5.32 Å². The number of sulfonamides is 1. The first kappa shape index (κ1) is 18.1. The van der Waals surface area contributed by atoms with Gasteiger partial charge in [-0.15, -0.1) is 11.3 Å². The molecule has 1 aromatic heterocycles. The van der Waals surface area contributed by atoms with Crippen molar-refractivity contribution < 1.29 is 13.2 Å². The van der Waals surface area contributed by atoms with Gasteiger partial charge in [0.15, 0.2) is 0 Å². The summed E-state index contributed by atoms with van der Waals surface area (Å²) in [5.74, 6) is -0.376. The van der Waals surface area contributed by atoms with Gasteiger partial charge in [0.2, 0.25) is 10.0 Å². The Labute approximate surface area is 152 Å². The van der Waals surface area contributed by atoms with Crippen LogP contribution >= 0.6 is 11.3 Å². The number of carbonyl (C=O) groups is 1. The molecule has 0 aliphatic carbocycles. The van der Waals surface area contributed by atoms with E-state index in [0.29, 0.717) is 18.8 Å². The fraction of sp³-hybridized carbons (Fsp3) is 0.389. The van der Waals surface area contributed by atoms with Gasteiger partial charge in [0.1, 0.15) is 9.77 Å². The van der Waals surface area contributed by atoms with Gasteiger partial charge in [0, 0.05) is 18.8 Å². The average molecular weight is 379 g/mol. The molecule has 2 heterocycles. The largest absolute Gasteiger partial charge is 0.321 e. The quantitative estimate of drug-likeness (QED) is 0.880. The molecule has 1 aliphatic rings. The van der Waals surface area contributed by atoms with Gasteiger partial charge in [-0.25, -0.2) is 8.42 Å². The summed E-state index contributed by atoms with van der Waals surface area (Å²) in [5.41, 5.74) is 2.68. The van der Waals surface area contributed by atoms with Gasteiger partial charge in [0.05, 0.1) is 0 Å². The molecule has 134 valence electrons. The number of thiophene rings is 1. The lowest BCUT2D eigenvalue weighted by Gasteiger charge is -2.25. The second kappa shape index (κ2) is 7.27. The Morgan fingerprint density at radius 2 is 1.84 bits per heavy atom. The Balaban J connectivity index is 1.88. The fourth-order valence-corrected chi connectivity index (χ4v) is 5.77. The zero-order valence-electron chi connectivity index (χ0n) is 14.4. The molecule has 0 atom stereocenters. The van der Waals surface area contributed by atoms with Crippen LogP contribution in [0.1, 0.15) is 40.1 Å². The van der Waals surface area contributed by atoms with Crippen molar-refractivity contribution in [3.63, 3.8) is 0 Å². The van der Waals surface area contributed by atoms with Gasteiger partial charge in [-0.2, -0.15) is 4.31 Å². The van der Waals surface area contributed by atoms with E-state index in [9.17, 15) is 13.2 Å². The lowest BCUT2D eigenvalue weighted by molar-refractivity contribution is 0.102. The maximum absolute atomic E-state index is 12.9. The Morgan fingerprint density at radius 1 is 1.12 bits per heavy atom. The third kappa shape index (κ3) is 3.78. The van der Waals surface area contributed by atoms with Gasteiger partial charge in [-0.1, -0.05) is 18.6 Å². The molecule has 0 spiro atoms. The Morgan fingerprint density at radius 3 is 2.56 bits per heavy atom. The summed E-state index contributed by atoms with van der Waals surface area (Å²) in [6.07, 6.45) is 2.79. The van der Waals surface area contributed by atoms with E-state index in [0.717, 1.165) is 41.7 Å². The van der Waals surface area contributed by atoms with Crippen LogP contribution in [0.2, 0.25) is 0 Å². The Bertz CT molecular complexity index is 881. The molecule has 1 aliphatic heterocycles. The van der Waals surface area contributed by atoms with Crippen LogP contribution in [0.15, 0.2) is 34.5 Å². The van der Waals surface area contributed by atoms with Crippen molar-refractivity contribution in [3.05, 3.63) is 45.6 Å². The highest BCUT2D eigenvalue weighted by Gasteiger charge is 2.31. The summed E-state index contributed by atoms with van der Waals surface area (Å²) in [6, 6.07) is 7.33. The van der Waals surface area contributed by atoms with Crippen LogP contribution in [0.5, 0.6) is 0 Å². The van der Waals surface area contributed by atoms with Crippen LogP contribution in [-0.2, 0) is 10.0 Å². The average Bonchev–Trinajstić information content (AvgIpc) is 3.09. The number of benzene rings is 1. The normalized spacial score (nSPS) is 15.9. The SMILES string of the molecule is Cc1ccc(C)c(NC(=O)c2sccc2S(=O)(=O)N2CCCCC2)c1. The number of amides is 1. The lowest BCUT2D eigenvalue weighted by atomic mass is 10.1. The summed E-state index contributed by atoms with van der Waals surface area (Å²) in [6.45, 7) is 4.91. The number of aryl methyl sites for hydroxylation is 2. The van der Waals surface area contributed by atoms with Crippen LogP contribution in [0.25, 0.3) is 0 Å². The molecule has 0 saturated carbocycles. The molecule has 0 bridgehead atoms. The molecule has 1 saturated heterocycles. The maximum atomic E-state index is 12.9. The molecule has 2 aromatic rings. The topological polar surface area (TPSA) is 66.5 Å². The zero-order valence-corrected chi connectivity index (χ0v) is 16.0. The standard InChI is InChI=1S/C18H22N2O3S2/c1-13-6-7-14(2)15(12-13)19-18(21)17-16(8-11-24-17)25(22,23)20-9-4-3-5-10-20/h6-8,11-12H,3-5,9-10H2,1-2H3,(H,19,21). The number of rotatable bonds is 4. The predicted octanol–water partition coefficient (Wildman–Crippen LogP) is 3.79. The minimum atomic E-state index is -3.62. The third-order valence-electron chi connectivity index (χ3n) is 4.41. The van der Waals surface area contributed by atoms with Gasteiger partial charge in [0.25, 0.3) is 5.91 Å². The van der Waals surface area contributed by atoms with Crippen molar-refractivity contribution in [2.75, 3.05) is 18.4 Å². The van der Waals surface area contributed by atoms with Gasteiger partial charge < -0.3 is 5.32 Å². The van der Waals surface area contributed by atoms with Crippen molar-refractivity contribution in [2.45, 2.75) is 38.0 Å². The summed E-state index contributed by atoms with van der Waals surface area (Å²) in [4.78, 5) is 13.1. The summed E-state index contributed by atoms with van der Waals surface area (Å²) >= 11 is 1.16. The van der Waals surface area contributed by atoms with Gasteiger partial charge >= 0.3 is 0 Å². The number of nitrogens with one attached hydrogen (secondary N) is 1. The lowest BCUT2D eigenvalue weighted by Crippen LogP contribution is -2.36. The van der Waals surface area contributed by atoms with Gasteiger partial charge in [-0.05, 0) is 55.3 Å². The minimum Gasteiger partial charge on any atom is -0.321 e. The number of carbonyl (C=O) groups excluding carboxylic acids is 1. The molecular weight excluding hydrogens is 356 g/mol. The summed E-state index contributed by atoms with van der Waals surface area (Å²) < 4.78 is 27.3. The molecule has 1 amide bonds. The number of nitrogens with zero attached hydrogens (tertiary/aromatic N) is 1. The molecule has 3 rings (SSSR count). The molecule has 7 heteroatoms. The first-order valence-corrected chi connectivity index (χ1v) is 10.7. The minimum absolute atomic E-state index is 0.113. The van der Waals surface area contributed by atoms with Crippen molar-refractivity contribution in [1.82, 2.24) is 4.31 Å². The van der Waals surface area contributed by atoms with E-state index in [1.54, 1.807) is 5.38 Å². The van der Waals surface area contributed by atoms with E-state index < -0.39 is 10.0 Å². The Kier molecular flexibility index (Phi) is 5.27. The first-order valence-electron chi connectivity index (χ1n) is 8.36. The highest BCUT2D eigenvalue weighted by Crippen LogP contribution is 2.28. The van der Waals surface area contributed by atoms with E-state index in [1.165, 1.54) is 10.4 Å². The van der Waals surface area contributed by atoms with E-state index in [2.05, 4.69) is 5.32 Å². The summed E-state index contributed by atoms with van der Waals surface area (Å²) in [5, 5.41) is 4.52. The van der Waals surface area contributed by atoms with E-state index in [-0.39, 0.29) is 15.7 Å². The van der Waals surface area contributed by atoms with Crippen LogP contribution in [0, 0.1) is 13.8 Å². The second-order valence-corrected chi connectivity index (χ2v) is 9.17. The molecular formula is C18H22N2O3S2. The number of hydrogen-bond donors (Lipinski definition) is 1. The van der Waals surface area contributed by atoms with E-state index in [1.807, 2.05) is 32.0 Å². The highest BCUT2D eigenvalue weighted by atomic mass is 32.2. The van der Waals surface area contributed by atoms with Crippen LogP contribution in [0.3, 0.4) is 0 Å². The second-order valence-electron chi connectivity index (χ2n) is 6.35. The third-order valence-corrected chi connectivity index (χ3v) is 7.39. The van der Waals surface area contributed by atoms with E-state index in [4.69, 9.17) is 0 Å². The predicted molar refractivity (Wildman–Crippen MR) is 101 cm³/mol. The van der Waals surface area contributed by atoms with Crippen LogP contribution in [0.4, 0.5) is 5.69 Å². The molecule has 0 radical (unpaired) electrons. The molecule has 1 aromatic carbocycles. The number of piperidine rings is 1. The molecule has 1 fully saturated rings. The first-order chi connectivity index (χ1) is 11.9.